The highest BCUT2D eigenvalue weighted by Crippen LogP contribution is 2.23. The molecule has 1 N–H and O–H groups in total. The maximum Gasteiger partial charge on any atom is 0.223 e. The number of unbranched alkanes of at least 4 members (excludes halogenated alkanes) is 6. The second kappa shape index (κ2) is 15.5. The summed E-state index contributed by atoms with van der Waals surface area (Å²) in [6.07, 6.45) is 11.9. The van der Waals surface area contributed by atoms with Gasteiger partial charge >= 0.3 is 0 Å². The van der Waals surface area contributed by atoms with Crippen LogP contribution >= 0.6 is 0 Å². The van der Waals surface area contributed by atoms with Crippen molar-refractivity contribution in [3.8, 4) is 0 Å². The van der Waals surface area contributed by atoms with Gasteiger partial charge in [0.15, 0.2) is 0 Å². The summed E-state index contributed by atoms with van der Waals surface area (Å²) in [5.74, 6) is 0.625. The molecule has 1 rings (SSSR count). The summed E-state index contributed by atoms with van der Waals surface area (Å²) in [5, 5.41) is 3.43. The van der Waals surface area contributed by atoms with E-state index < -0.39 is 0 Å². The van der Waals surface area contributed by atoms with Gasteiger partial charge in [-0.3, -0.25) is 4.79 Å². The molecule has 1 heterocycles. The van der Waals surface area contributed by atoms with Gasteiger partial charge in [0.1, 0.15) is 0 Å². The minimum Gasteiger partial charge on any atom is -0.389 e. The molecule has 1 amide bonds. The van der Waals surface area contributed by atoms with Crippen molar-refractivity contribution in [1.29, 1.82) is 0 Å². The molecule has 0 aromatic rings. The molecule has 0 spiro atoms. The van der Waals surface area contributed by atoms with E-state index in [1.165, 1.54) is 51.4 Å². The molecule has 0 saturated carbocycles. The molecule has 0 aromatic carbocycles. The maximum absolute atomic E-state index is 12.0. The van der Waals surface area contributed by atoms with Gasteiger partial charge in [-0.15, -0.1) is 0 Å². The van der Waals surface area contributed by atoms with Gasteiger partial charge < -0.3 is 10.2 Å². The summed E-state index contributed by atoms with van der Waals surface area (Å²) in [7, 11) is 0. The molecule has 3 heteroatoms. The van der Waals surface area contributed by atoms with E-state index in [4.69, 9.17) is 0 Å². The van der Waals surface area contributed by atoms with E-state index >= 15 is 0 Å². The molecule has 3 nitrogen and oxygen atoms in total. The molecule has 24 heavy (non-hydrogen) atoms. The zero-order valence-electron chi connectivity index (χ0n) is 16.8. The lowest BCUT2D eigenvalue weighted by Crippen LogP contribution is -2.27. The number of nitrogens with one attached hydrogen (secondary N) is 1. The first kappa shape index (κ1) is 23.0. The summed E-state index contributed by atoms with van der Waals surface area (Å²) in [6, 6.07) is 0. The van der Waals surface area contributed by atoms with Gasteiger partial charge in [-0.25, -0.2) is 0 Å². The predicted octanol–water partition coefficient (Wildman–Crippen LogP) is 5.52. The second-order valence-corrected chi connectivity index (χ2v) is 7.02. The van der Waals surface area contributed by atoms with Crippen LogP contribution in [0.1, 0.15) is 91.9 Å². The number of nitrogens with zero attached hydrogens (tertiary/aromatic N) is 1. The third-order valence-corrected chi connectivity index (χ3v) is 4.37. The molecule has 0 radical (unpaired) electrons. The van der Waals surface area contributed by atoms with Gasteiger partial charge in [-0.05, 0) is 12.8 Å². The number of carbonyl (C=O) groups is 1. The van der Waals surface area contributed by atoms with Crippen molar-refractivity contribution in [3.63, 3.8) is 0 Å². The zero-order valence-corrected chi connectivity index (χ0v) is 16.8. The average Bonchev–Trinajstić information content (AvgIpc) is 2.93. The van der Waals surface area contributed by atoms with E-state index in [0.717, 1.165) is 31.8 Å². The Morgan fingerprint density at radius 3 is 2.21 bits per heavy atom. The lowest BCUT2D eigenvalue weighted by molar-refractivity contribution is -0.127. The average molecular weight is 339 g/mol. The monoisotopic (exact) mass is 338 g/mol. The van der Waals surface area contributed by atoms with Crippen LogP contribution in [0, 0.1) is 5.92 Å². The number of amides is 1. The first-order valence-corrected chi connectivity index (χ1v) is 10.3. The summed E-state index contributed by atoms with van der Waals surface area (Å²) in [6.45, 7) is 15.6. The highest BCUT2D eigenvalue weighted by atomic mass is 16.2. The number of hydrogen-bond acceptors (Lipinski definition) is 2. The Morgan fingerprint density at radius 1 is 1.04 bits per heavy atom. The standard InChI is InChI=1S/C18H34N2O.C3H8/c1-4-6-8-10-12-19-16(3)17-14-18(21)20(15-17)13-11-9-7-5-2;1-3-2/h17,19H,3-15H2,1-2H3;3H2,1-2H3. The van der Waals surface area contributed by atoms with E-state index in [9.17, 15) is 4.79 Å². The van der Waals surface area contributed by atoms with Crippen molar-refractivity contribution in [3.05, 3.63) is 12.3 Å². The molecular weight excluding hydrogens is 296 g/mol. The van der Waals surface area contributed by atoms with Crippen molar-refractivity contribution in [1.82, 2.24) is 10.2 Å². The molecule has 142 valence electrons. The first-order chi connectivity index (χ1) is 11.6. The fourth-order valence-corrected chi connectivity index (χ4v) is 2.90. The van der Waals surface area contributed by atoms with Crippen molar-refractivity contribution < 1.29 is 4.79 Å². The molecule has 1 aliphatic rings. The van der Waals surface area contributed by atoms with Crippen LogP contribution in [0.5, 0.6) is 0 Å². The molecule has 1 fully saturated rings. The van der Waals surface area contributed by atoms with E-state index in [2.05, 4.69) is 39.6 Å². The fraction of sp³-hybridized carbons (Fsp3) is 0.857. The zero-order chi connectivity index (χ0) is 18.2. The van der Waals surface area contributed by atoms with Crippen molar-refractivity contribution in [2.24, 2.45) is 5.92 Å². The molecule has 1 saturated heterocycles. The Morgan fingerprint density at radius 2 is 1.62 bits per heavy atom. The number of hydrogen-bond donors (Lipinski definition) is 1. The minimum atomic E-state index is 0.311. The SMILES string of the molecule is C=C(NCCCCCC)C1CC(=O)N(CCCCCC)C1.CCC. The van der Waals surface area contributed by atoms with Crippen LogP contribution in [-0.2, 0) is 4.79 Å². The van der Waals surface area contributed by atoms with Crippen molar-refractivity contribution in [2.45, 2.75) is 91.9 Å². The largest absolute Gasteiger partial charge is 0.389 e. The Kier molecular flexibility index (Phi) is 14.9. The molecule has 0 aromatic heterocycles. The second-order valence-electron chi connectivity index (χ2n) is 7.02. The summed E-state index contributed by atoms with van der Waals surface area (Å²) in [5.41, 5.74) is 1.07. The summed E-state index contributed by atoms with van der Waals surface area (Å²) >= 11 is 0. The Hall–Kier alpha value is -0.990. The summed E-state index contributed by atoms with van der Waals surface area (Å²) in [4.78, 5) is 14.1. The minimum absolute atomic E-state index is 0.311. The smallest absolute Gasteiger partial charge is 0.223 e. The van der Waals surface area contributed by atoms with Crippen LogP contribution in [0.25, 0.3) is 0 Å². The van der Waals surface area contributed by atoms with Gasteiger partial charge in [0.2, 0.25) is 5.91 Å². The van der Waals surface area contributed by atoms with Gasteiger partial charge in [-0.2, -0.15) is 0 Å². The maximum atomic E-state index is 12.0. The van der Waals surface area contributed by atoms with Crippen LogP contribution in [0.15, 0.2) is 12.3 Å². The predicted molar refractivity (Wildman–Crippen MR) is 106 cm³/mol. The molecule has 1 unspecified atom stereocenters. The van der Waals surface area contributed by atoms with E-state index in [0.29, 0.717) is 18.2 Å². The van der Waals surface area contributed by atoms with Gasteiger partial charge in [-0.1, -0.05) is 79.2 Å². The third kappa shape index (κ3) is 10.7. The van der Waals surface area contributed by atoms with Gasteiger partial charge in [0, 0.05) is 37.7 Å². The molecular formula is C21H42N2O. The van der Waals surface area contributed by atoms with Crippen LogP contribution in [0.4, 0.5) is 0 Å². The topological polar surface area (TPSA) is 32.3 Å². The van der Waals surface area contributed by atoms with E-state index in [-0.39, 0.29) is 0 Å². The Labute approximate surface area is 151 Å². The highest BCUT2D eigenvalue weighted by molar-refractivity contribution is 5.79. The molecule has 0 aliphatic carbocycles. The quantitative estimate of drug-likeness (QED) is 0.475. The van der Waals surface area contributed by atoms with Gasteiger partial charge in [0.25, 0.3) is 0 Å². The Bertz CT molecular complexity index is 328. The number of likely N-dealkylation sites (tertiary alicyclic amines) is 1. The van der Waals surface area contributed by atoms with Crippen LogP contribution in [-0.4, -0.2) is 30.4 Å². The Balaban J connectivity index is 0.00000163. The van der Waals surface area contributed by atoms with Crippen molar-refractivity contribution >= 4 is 5.91 Å². The fourth-order valence-electron chi connectivity index (χ4n) is 2.90. The molecule has 1 atom stereocenters. The lowest BCUT2D eigenvalue weighted by atomic mass is 10.1. The normalized spacial score (nSPS) is 16.8. The number of carbonyl (C=O) groups excluding carboxylic acids is 1. The number of rotatable bonds is 12. The van der Waals surface area contributed by atoms with E-state index in [1.54, 1.807) is 0 Å². The van der Waals surface area contributed by atoms with Gasteiger partial charge in [0.05, 0.1) is 0 Å². The highest BCUT2D eigenvalue weighted by Gasteiger charge is 2.30. The summed E-state index contributed by atoms with van der Waals surface area (Å²) < 4.78 is 0. The first-order valence-electron chi connectivity index (χ1n) is 10.3. The van der Waals surface area contributed by atoms with Crippen LogP contribution < -0.4 is 5.32 Å². The van der Waals surface area contributed by atoms with Crippen LogP contribution in [0.2, 0.25) is 0 Å². The van der Waals surface area contributed by atoms with E-state index in [1.807, 2.05) is 4.90 Å². The van der Waals surface area contributed by atoms with Crippen molar-refractivity contribution in [2.75, 3.05) is 19.6 Å². The third-order valence-electron chi connectivity index (χ3n) is 4.37. The molecule has 1 aliphatic heterocycles. The lowest BCUT2D eigenvalue weighted by Gasteiger charge is -2.18. The molecule has 0 bridgehead atoms. The van der Waals surface area contributed by atoms with Crippen LogP contribution in [0.3, 0.4) is 0 Å².